The molecular formula is C13H19N3O4S. The maximum Gasteiger partial charge on any atom is 0.282 e. The lowest BCUT2D eigenvalue weighted by atomic mass is 10.1. The van der Waals surface area contributed by atoms with Gasteiger partial charge < -0.3 is 10.6 Å². The van der Waals surface area contributed by atoms with Crippen molar-refractivity contribution >= 4 is 28.1 Å². The molecule has 2 unspecified atom stereocenters. The molecule has 1 aromatic rings. The lowest BCUT2D eigenvalue weighted by molar-refractivity contribution is -0.385. The average Bonchev–Trinajstić information content (AvgIpc) is 2.44. The quantitative estimate of drug-likeness (QED) is 0.587. The summed E-state index contributed by atoms with van der Waals surface area (Å²) in [5.74, 6) is -0.0340. The number of nitro benzene ring substituents is 1. The summed E-state index contributed by atoms with van der Waals surface area (Å²) in [6.07, 6.45) is 2.14. The highest BCUT2D eigenvalue weighted by molar-refractivity contribution is 7.84. The first-order chi connectivity index (χ1) is 9.85. The van der Waals surface area contributed by atoms with E-state index in [1.807, 2.05) is 0 Å². The van der Waals surface area contributed by atoms with E-state index in [9.17, 15) is 19.1 Å². The predicted octanol–water partition coefficient (Wildman–Crippen LogP) is 1.52. The molecule has 0 radical (unpaired) electrons. The Morgan fingerprint density at radius 3 is 2.67 bits per heavy atom. The van der Waals surface area contributed by atoms with Gasteiger partial charge in [-0.05, 0) is 25.5 Å². The maximum atomic E-state index is 12.2. The summed E-state index contributed by atoms with van der Waals surface area (Å²) in [6, 6.07) is 4.07. The number of benzene rings is 1. The first kappa shape index (κ1) is 17.1. The Morgan fingerprint density at radius 2 is 2.14 bits per heavy atom. The SMILES string of the molecule is CNc1ccc([N+](=O)[O-])c(C(=O)NC(C)CCS(C)=O)c1. The van der Waals surface area contributed by atoms with E-state index in [4.69, 9.17) is 0 Å². The van der Waals surface area contributed by atoms with E-state index in [1.165, 1.54) is 12.1 Å². The molecule has 0 aromatic heterocycles. The van der Waals surface area contributed by atoms with Crippen LogP contribution in [-0.2, 0) is 10.8 Å². The molecule has 116 valence electrons. The van der Waals surface area contributed by atoms with Crippen LogP contribution in [0, 0.1) is 10.1 Å². The molecule has 1 aromatic carbocycles. The average molecular weight is 313 g/mol. The number of hydrogen-bond acceptors (Lipinski definition) is 5. The van der Waals surface area contributed by atoms with Crippen LogP contribution in [0.5, 0.6) is 0 Å². The van der Waals surface area contributed by atoms with Gasteiger partial charge in [-0.25, -0.2) is 0 Å². The molecule has 0 heterocycles. The number of carbonyl (C=O) groups is 1. The van der Waals surface area contributed by atoms with Crippen molar-refractivity contribution in [2.24, 2.45) is 0 Å². The Bertz CT molecular complexity index is 562. The largest absolute Gasteiger partial charge is 0.388 e. The summed E-state index contributed by atoms with van der Waals surface area (Å²) in [7, 11) is 0.737. The number of carbonyl (C=O) groups excluding carboxylic acids is 1. The molecule has 1 amide bonds. The van der Waals surface area contributed by atoms with Crippen LogP contribution in [0.1, 0.15) is 23.7 Å². The second-order valence-corrected chi connectivity index (χ2v) is 6.23. The summed E-state index contributed by atoms with van der Waals surface area (Å²) in [4.78, 5) is 22.6. The minimum absolute atomic E-state index is 0.0105. The highest BCUT2D eigenvalue weighted by Crippen LogP contribution is 2.22. The van der Waals surface area contributed by atoms with Crippen molar-refractivity contribution in [1.29, 1.82) is 0 Å². The molecule has 0 aliphatic heterocycles. The lowest BCUT2D eigenvalue weighted by Crippen LogP contribution is -2.33. The van der Waals surface area contributed by atoms with Gasteiger partial charge in [0.1, 0.15) is 5.56 Å². The fourth-order valence-corrected chi connectivity index (χ4v) is 2.43. The minimum Gasteiger partial charge on any atom is -0.388 e. The molecule has 0 aliphatic rings. The van der Waals surface area contributed by atoms with Crippen molar-refractivity contribution in [3.05, 3.63) is 33.9 Å². The zero-order valence-electron chi connectivity index (χ0n) is 12.2. The third-order valence-corrected chi connectivity index (χ3v) is 3.75. The second kappa shape index (κ2) is 7.72. The van der Waals surface area contributed by atoms with Gasteiger partial charge in [0.25, 0.3) is 11.6 Å². The van der Waals surface area contributed by atoms with Gasteiger partial charge in [-0.3, -0.25) is 19.1 Å². The van der Waals surface area contributed by atoms with Crippen LogP contribution in [0.3, 0.4) is 0 Å². The molecule has 0 saturated carbocycles. The summed E-state index contributed by atoms with van der Waals surface area (Å²) in [5, 5.41) is 16.5. The molecule has 0 fully saturated rings. The summed E-state index contributed by atoms with van der Waals surface area (Å²) < 4.78 is 11.0. The van der Waals surface area contributed by atoms with Crippen molar-refractivity contribution < 1.29 is 13.9 Å². The molecule has 0 aliphatic carbocycles. The third kappa shape index (κ3) is 5.14. The Hall–Kier alpha value is -1.96. The number of nitrogens with one attached hydrogen (secondary N) is 2. The van der Waals surface area contributed by atoms with Gasteiger partial charge in [0, 0.05) is 47.7 Å². The fraction of sp³-hybridized carbons (Fsp3) is 0.462. The summed E-state index contributed by atoms with van der Waals surface area (Å²) in [6.45, 7) is 1.78. The molecule has 0 bridgehead atoms. The molecule has 21 heavy (non-hydrogen) atoms. The standard InChI is InChI=1S/C13H19N3O4S/c1-9(6-7-21(3)20)15-13(17)11-8-10(14-2)4-5-12(11)16(18)19/h4-5,8-9,14H,6-7H2,1-3H3,(H,15,17). The van der Waals surface area contributed by atoms with Crippen LogP contribution < -0.4 is 10.6 Å². The molecule has 2 atom stereocenters. The summed E-state index contributed by atoms with van der Waals surface area (Å²) in [5.41, 5.74) is 0.391. The van der Waals surface area contributed by atoms with Crippen molar-refractivity contribution in [1.82, 2.24) is 5.32 Å². The number of nitro groups is 1. The van der Waals surface area contributed by atoms with E-state index in [0.717, 1.165) is 0 Å². The monoisotopic (exact) mass is 313 g/mol. The van der Waals surface area contributed by atoms with Crippen LogP contribution in [-0.4, -0.2) is 40.1 Å². The van der Waals surface area contributed by atoms with Gasteiger partial charge in [0.05, 0.1) is 4.92 Å². The van der Waals surface area contributed by atoms with Crippen molar-refractivity contribution in [2.75, 3.05) is 24.4 Å². The second-order valence-electron chi connectivity index (χ2n) is 4.68. The zero-order chi connectivity index (χ0) is 16.0. The number of rotatable bonds is 7. The van der Waals surface area contributed by atoms with E-state index in [1.54, 1.807) is 26.3 Å². The Morgan fingerprint density at radius 1 is 1.48 bits per heavy atom. The van der Waals surface area contributed by atoms with Crippen LogP contribution in [0.25, 0.3) is 0 Å². The van der Waals surface area contributed by atoms with E-state index in [2.05, 4.69) is 10.6 Å². The van der Waals surface area contributed by atoms with Gasteiger partial charge in [0.15, 0.2) is 0 Å². The Kier molecular flexibility index (Phi) is 6.29. The summed E-state index contributed by atoms with van der Waals surface area (Å²) >= 11 is 0. The third-order valence-electron chi connectivity index (χ3n) is 2.94. The normalized spacial score (nSPS) is 13.3. The Labute approximate surface area is 125 Å². The fourth-order valence-electron chi connectivity index (χ4n) is 1.75. The van der Waals surface area contributed by atoms with Gasteiger partial charge >= 0.3 is 0 Å². The molecule has 8 heteroatoms. The van der Waals surface area contributed by atoms with E-state index in [0.29, 0.717) is 17.9 Å². The highest BCUT2D eigenvalue weighted by atomic mass is 32.2. The zero-order valence-corrected chi connectivity index (χ0v) is 13.0. The van der Waals surface area contributed by atoms with Crippen LogP contribution >= 0.6 is 0 Å². The number of anilines is 1. The van der Waals surface area contributed by atoms with Gasteiger partial charge in [0.2, 0.25) is 0 Å². The van der Waals surface area contributed by atoms with Crippen molar-refractivity contribution in [3.63, 3.8) is 0 Å². The number of amides is 1. The van der Waals surface area contributed by atoms with Crippen LogP contribution in [0.2, 0.25) is 0 Å². The van der Waals surface area contributed by atoms with Gasteiger partial charge in [-0.15, -0.1) is 0 Å². The predicted molar refractivity (Wildman–Crippen MR) is 83.1 cm³/mol. The van der Waals surface area contributed by atoms with Crippen LogP contribution in [0.15, 0.2) is 18.2 Å². The lowest BCUT2D eigenvalue weighted by Gasteiger charge is -2.13. The first-order valence-electron chi connectivity index (χ1n) is 6.42. The molecule has 1 rings (SSSR count). The molecular weight excluding hydrogens is 294 g/mol. The maximum absolute atomic E-state index is 12.2. The van der Waals surface area contributed by atoms with Gasteiger partial charge in [-0.1, -0.05) is 0 Å². The molecule has 7 nitrogen and oxygen atoms in total. The van der Waals surface area contributed by atoms with Crippen LogP contribution in [0.4, 0.5) is 11.4 Å². The minimum atomic E-state index is -0.932. The van der Waals surface area contributed by atoms with Gasteiger partial charge in [-0.2, -0.15) is 0 Å². The van der Waals surface area contributed by atoms with Crippen molar-refractivity contribution in [3.8, 4) is 0 Å². The van der Waals surface area contributed by atoms with E-state index < -0.39 is 21.6 Å². The molecule has 0 spiro atoms. The number of hydrogen-bond donors (Lipinski definition) is 2. The smallest absolute Gasteiger partial charge is 0.282 e. The highest BCUT2D eigenvalue weighted by Gasteiger charge is 2.21. The first-order valence-corrected chi connectivity index (χ1v) is 8.15. The van der Waals surface area contributed by atoms with E-state index in [-0.39, 0.29) is 17.3 Å². The number of nitrogens with zero attached hydrogens (tertiary/aromatic N) is 1. The molecule has 0 saturated heterocycles. The topological polar surface area (TPSA) is 101 Å². The Balaban J connectivity index is 2.89. The van der Waals surface area contributed by atoms with Crippen molar-refractivity contribution in [2.45, 2.75) is 19.4 Å². The molecule has 2 N–H and O–H groups in total. The van der Waals surface area contributed by atoms with E-state index >= 15 is 0 Å².